The van der Waals surface area contributed by atoms with Crippen LogP contribution in [0.5, 0.6) is 0 Å². The van der Waals surface area contributed by atoms with Crippen LogP contribution in [0.3, 0.4) is 0 Å². The number of rotatable bonds is 0. The lowest BCUT2D eigenvalue weighted by Crippen LogP contribution is -2.20. The van der Waals surface area contributed by atoms with E-state index >= 15 is 0 Å². The van der Waals surface area contributed by atoms with Gasteiger partial charge in [-0.15, -0.1) is 12.6 Å². The first kappa shape index (κ1) is 10.8. The fourth-order valence-electron chi connectivity index (χ4n) is 1.46. The molecular weight excluding hydrogens is 257 g/mol. The summed E-state index contributed by atoms with van der Waals surface area (Å²) < 4.78 is 0. The molecule has 3 nitrogen and oxygen atoms in total. The summed E-state index contributed by atoms with van der Waals surface area (Å²) >= 11 is 16.0. The number of carbonyl (C=O) groups is 2. The van der Waals surface area contributed by atoms with E-state index in [-0.39, 0.29) is 21.2 Å². The van der Waals surface area contributed by atoms with Gasteiger partial charge in [0.25, 0.3) is 11.8 Å². The Hall–Kier alpha value is -0.710. The van der Waals surface area contributed by atoms with E-state index in [4.69, 9.17) is 23.2 Å². The van der Waals surface area contributed by atoms with Gasteiger partial charge in [-0.25, -0.2) is 0 Å². The number of nitrogens with one attached hydrogen (secondary N) is 1. The summed E-state index contributed by atoms with van der Waals surface area (Å²) in [5.41, 5.74) is 0.908. The molecule has 6 heteroatoms. The zero-order valence-electron chi connectivity index (χ0n) is 7.52. The Balaban J connectivity index is 2.92. The third-order valence-corrected chi connectivity index (χ3v) is 3.77. The summed E-state index contributed by atoms with van der Waals surface area (Å²) in [5.74, 6) is -1.01. The van der Waals surface area contributed by atoms with Crippen LogP contribution < -0.4 is 5.32 Å². The van der Waals surface area contributed by atoms with Gasteiger partial charge in [-0.2, -0.15) is 0 Å². The summed E-state index contributed by atoms with van der Waals surface area (Å²) in [6, 6.07) is 0. The van der Waals surface area contributed by atoms with Gasteiger partial charge >= 0.3 is 0 Å². The molecule has 0 unspecified atom stereocenters. The highest BCUT2D eigenvalue weighted by Gasteiger charge is 2.33. The Kier molecular flexibility index (Phi) is 2.45. The van der Waals surface area contributed by atoms with E-state index in [1.807, 2.05) is 0 Å². The zero-order valence-corrected chi connectivity index (χ0v) is 9.93. The van der Waals surface area contributed by atoms with E-state index in [9.17, 15) is 9.59 Å². The fraction of sp³-hybridized carbons (Fsp3) is 0.111. The molecule has 15 heavy (non-hydrogen) atoms. The molecule has 0 bridgehead atoms. The van der Waals surface area contributed by atoms with Gasteiger partial charge in [0, 0.05) is 4.90 Å². The smallest absolute Gasteiger partial charge is 0.260 e. The SMILES string of the molecule is Cc1c(S)c2c(c(Cl)c1Cl)C(=O)NC2=O. The maximum atomic E-state index is 11.4. The van der Waals surface area contributed by atoms with Crippen molar-refractivity contribution in [1.82, 2.24) is 5.32 Å². The van der Waals surface area contributed by atoms with Gasteiger partial charge in [-0.3, -0.25) is 14.9 Å². The maximum absolute atomic E-state index is 11.4. The molecule has 0 saturated heterocycles. The van der Waals surface area contributed by atoms with Crippen molar-refractivity contribution in [3.8, 4) is 0 Å². The van der Waals surface area contributed by atoms with Crippen LogP contribution in [0.2, 0.25) is 10.0 Å². The first-order valence-corrected chi connectivity index (χ1v) is 5.21. The number of amides is 2. The molecule has 0 aromatic heterocycles. The number of imide groups is 1. The molecule has 1 aliphatic rings. The quantitative estimate of drug-likeness (QED) is 0.557. The van der Waals surface area contributed by atoms with Crippen molar-refractivity contribution in [2.24, 2.45) is 0 Å². The van der Waals surface area contributed by atoms with E-state index in [1.54, 1.807) is 6.92 Å². The molecule has 0 spiro atoms. The van der Waals surface area contributed by atoms with Gasteiger partial charge in [-0.05, 0) is 12.5 Å². The lowest BCUT2D eigenvalue weighted by molar-refractivity contribution is 0.0879. The molecule has 2 amide bonds. The number of benzene rings is 1. The second-order valence-electron chi connectivity index (χ2n) is 3.13. The first-order valence-electron chi connectivity index (χ1n) is 4.01. The largest absolute Gasteiger partial charge is 0.288 e. The standard InChI is InChI=1S/C9H5Cl2NO2S/c1-2-5(10)6(11)3-4(7(2)15)9(14)12-8(3)13/h15H,1H3,(H,12,13,14). The molecule has 78 valence electrons. The second-order valence-corrected chi connectivity index (χ2v) is 4.34. The minimum Gasteiger partial charge on any atom is -0.288 e. The van der Waals surface area contributed by atoms with Crippen LogP contribution in [0.1, 0.15) is 26.3 Å². The topological polar surface area (TPSA) is 46.2 Å². The summed E-state index contributed by atoms with van der Waals surface area (Å²) in [4.78, 5) is 23.2. The number of hydrogen-bond acceptors (Lipinski definition) is 3. The highest BCUT2D eigenvalue weighted by molar-refractivity contribution is 7.80. The van der Waals surface area contributed by atoms with Crippen LogP contribution in [-0.2, 0) is 0 Å². The van der Waals surface area contributed by atoms with Crippen molar-refractivity contribution < 1.29 is 9.59 Å². The molecule has 1 aromatic carbocycles. The average molecular weight is 262 g/mol. The Morgan fingerprint density at radius 1 is 1.07 bits per heavy atom. The van der Waals surface area contributed by atoms with Gasteiger partial charge < -0.3 is 0 Å². The third kappa shape index (κ3) is 1.36. The van der Waals surface area contributed by atoms with Crippen molar-refractivity contribution in [3.05, 3.63) is 26.7 Å². The average Bonchev–Trinajstić information content (AvgIpc) is 2.47. The van der Waals surface area contributed by atoms with Gasteiger partial charge in [0.2, 0.25) is 0 Å². The van der Waals surface area contributed by atoms with Gasteiger partial charge in [0.1, 0.15) is 0 Å². The Morgan fingerprint density at radius 2 is 1.60 bits per heavy atom. The summed E-state index contributed by atoms with van der Waals surface area (Å²) in [7, 11) is 0. The number of carbonyl (C=O) groups excluding carboxylic acids is 2. The lowest BCUT2D eigenvalue weighted by atomic mass is 10.1. The highest BCUT2D eigenvalue weighted by atomic mass is 35.5. The molecule has 0 atom stereocenters. The molecule has 1 aromatic rings. The minimum atomic E-state index is -0.530. The van der Waals surface area contributed by atoms with Crippen molar-refractivity contribution in [2.45, 2.75) is 11.8 Å². The number of hydrogen-bond donors (Lipinski definition) is 2. The number of thiol groups is 1. The monoisotopic (exact) mass is 261 g/mol. The molecule has 0 radical (unpaired) electrons. The van der Waals surface area contributed by atoms with E-state index in [2.05, 4.69) is 17.9 Å². The van der Waals surface area contributed by atoms with Crippen LogP contribution in [-0.4, -0.2) is 11.8 Å². The van der Waals surface area contributed by atoms with E-state index < -0.39 is 11.8 Å². The van der Waals surface area contributed by atoms with Gasteiger partial charge in [0.05, 0.1) is 21.2 Å². The van der Waals surface area contributed by atoms with Crippen LogP contribution in [0, 0.1) is 6.92 Å². The lowest BCUT2D eigenvalue weighted by Gasteiger charge is -2.08. The van der Waals surface area contributed by atoms with E-state index in [0.29, 0.717) is 10.5 Å². The molecule has 0 aliphatic carbocycles. The summed E-state index contributed by atoms with van der Waals surface area (Å²) in [6.07, 6.45) is 0. The van der Waals surface area contributed by atoms with Gasteiger partial charge in [-0.1, -0.05) is 23.2 Å². The number of fused-ring (bicyclic) bond motifs is 1. The molecule has 0 saturated carbocycles. The van der Waals surface area contributed by atoms with Crippen LogP contribution in [0.25, 0.3) is 0 Å². The van der Waals surface area contributed by atoms with E-state index in [0.717, 1.165) is 0 Å². The van der Waals surface area contributed by atoms with Crippen molar-refractivity contribution in [3.63, 3.8) is 0 Å². The predicted molar refractivity (Wildman–Crippen MR) is 60.2 cm³/mol. The van der Waals surface area contributed by atoms with Gasteiger partial charge in [0.15, 0.2) is 0 Å². The normalized spacial score (nSPS) is 14.1. The highest BCUT2D eigenvalue weighted by Crippen LogP contribution is 2.38. The zero-order chi connectivity index (χ0) is 11.3. The third-order valence-electron chi connectivity index (χ3n) is 2.26. The minimum absolute atomic E-state index is 0.102. The summed E-state index contributed by atoms with van der Waals surface area (Å²) in [5, 5.41) is 2.51. The molecule has 1 N–H and O–H groups in total. The Morgan fingerprint density at radius 3 is 2.20 bits per heavy atom. The van der Waals surface area contributed by atoms with Crippen molar-refractivity contribution >= 4 is 47.6 Å². The molecular formula is C9H5Cl2NO2S. The number of halogens is 2. The van der Waals surface area contributed by atoms with Crippen molar-refractivity contribution in [2.75, 3.05) is 0 Å². The van der Waals surface area contributed by atoms with Crippen LogP contribution in [0.4, 0.5) is 0 Å². The molecule has 0 fully saturated rings. The first-order chi connectivity index (χ1) is 6.95. The predicted octanol–water partition coefficient (Wildman–Crippen LogP) is 2.47. The molecule has 2 rings (SSSR count). The fourth-order valence-corrected chi connectivity index (χ4v) is 2.36. The summed E-state index contributed by atoms with van der Waals surface area (Å²) in [6.45, 7) is 1.69. The van der Waals surface area contributed by atoms with Crippen LogP contribution >= 0.6 is 35.8 Å². The maximum Gasteiger partial charge on any atom is 0.260 e. The molecule has 1 aliphatic heterocycles. The molecule has 1 heterocycles. The van der Waals surface area contributed by atoms with E-state index in [1.165, 1.54) is 0 Å². The second kappa shape index (κ2) is 3.40. The van der Waals surface area contributed by atoms with Crippen LogP contribution in [0.15, 0.2) is 4.90 Å². The van der Waals surface area contributed by atoms with Crippen molar-refractivity contribution in [1.29, 1.82) is 0 Å². The Bertz CT molecular complexity index is 469. The Labute approximate surface area is 101 Å².